The van der Waals surface area contributed by atoms with Gasteiger partial charge in [0.1, 0.15) is 16.9 Å². The zero-order chi connectivity index (χ0) is 22.3. The first-order valence-corrected chi connectivity index (χ1v) is 11.7. The molecule has 164 valence electrons. The molecule has 0 radical (unpaired) electrons. The summed E-state index contributed by atoms with van der Waals surface area (Å²) in [6, 6.07) is 2.06. The molecular weight excluding hydrogens is 467 g/mol. The van der Waals surface area contributed by atoms with Gasteiger partial charge in [-0.2, -0.15) is 17.4 Å². The second-order valence-electron chi connectivity index (χ2n) is 7.05. The molecule has 2 atom stereocenters. The van der Waals surface area contributed by atoms with Crippen molar-refractivity contribution < 1.29 is 17.6 Å². The molecule has 0 spiro atoms. The molecule has 4 rings (SSSR count). The number of benzene rings is 1. The lowest BCUT2D eigenvalue weighted by Gasteiger charge is -2.35. The van der Waals surface area contributed by atoms with Gasteiger partial charge in [0.15, 0.2) is 0 Å². The molecule has 1 aliphatic heterocycles. The fraction of sp³-hybridized carbons (Fsp3) is 0.278. The van der Waals surface area contributed by atoms with Crippen molar-refractivity contribution in [3.63, 3.8) is 0 Å². The predicted octanol–water partition coefficient (Wildman–Crippen LogP) is 2.55. The number of thiazole rings is 1. The van der Waals surface area contributed by atoms with Gasteiger partial charge < -0.3 is 9.88 Å². The van der Waals surface area contributed by atoms with Crippen LogP contribution in [0.1, 0.15) is 17.5 Å². The third-order valence-electron chi connectivity index (χ3n) is 4.84. The normalized spacial score (nSPS) is 21.2. The number of nitrogens with one attached hydrogen (secondary N) is 2. The fourth-order valence-corrected chi connectivity index (χ4v) is 5.63. The smallest absolute Gasteiger partial charge is 0.280 e. The van der Waals surface area contributed by atoms with Crippen molar-refractivity contribution in [1.29, 1.82) is 0 Å². The van der Waals surface area contributed by atoms with E-state index in [0.717, 1.165) is 20.9 Å². The summed E-state index contributed by atoms with van der Waals surface area (Å²) < 4.78 is 44.0. The Bertz CT molecular complexity index is 1240. The summed E-state index contributed by atoms with van der Waals surface area (Å²) in [5.74, 6) is -1.17. The summed E-state index contributed by atoms with van der Waals surface area (Å²) in [4.78, 5) is 22.3. The van der Waals surface area contributed by atoms with Crippen molar-refractivity contribution in [2.45, 2.75) is 18.5 Å². The van der Waals surface area contributed by atoms with Gasteiger partial charge in [-0.1, -0.05) is 11.6 Å². The molecule has 1 amide bonds. The number of hydrogen-bond donors (Lipinski definition) is 2. The second kappa shape index (κ2) is 8.28. The molecule has 2 aromatic heterocycles. The summed E-state index contributed by atoms with van der Waals surface area (Å²) in [7, 11) is -0.759. The molecule has 1 aliphatic rings. The van der Waals surface area contributed by atoms with Crippen LogP contribution < -0.4 is 10.0 Å². The first kappa shape index (κ1) is 21.8. The summed E-state index contributed by atoms with van der Waals surface area (Å²) >= 11 is 7.06. The van der Waals surface area contributed by atoms with Crippen LogP contribution in [0.4, 0.5) is 10.1 Å². The zero-order valence-corrected chi connectivity index (χ0v) is 18.8. The van der Waals surface area contributed by atoms with Gasteiger partial charge in [-0.25, -0.2) is 14.4 Å². The van der Waals surface area contributed by atoms with Gasteiger partial charge in [0.2, 0.25) is 5.91 Å². The Labute approximate surface area is 187 Å². The molecule has 2 N–H and O–H groups in total. The Kier molecular flexibility index (Phi) is 5.83. The predicted molar refractivity (Wildman–Crippen MR) is 115 cm³/mol. The highest BCUT2D eigenvalue weighted by Crippen LogP contribution is 2.34. The van der Waals surface area contributed by atoms with E-state index in [4.69, 9.17) is 11.6 Å². The summed E-state index contributed by atoms with van der Waals surface area (Å²) in [5.41, 5.74) is 0.994. The van der Waals surface area contributed by atoms with Gasteiger partial charge >= 0.3 is 0 Å². The second-order valence-corrected chi connectivity index (χ2v) is 10.3. The number of halogens is 2. The molecule has 0 saturated carbocycles. The van der Waals surface area contributed by atoms with Crippen LogP contribution in [0, 0.1) is 5.82 Å². The molecule has 3 aromatic rings. The third kappa shape index (κ3) is 4.48. The number of aryl methyl sites for hydroxylation is 1. The van der Waals surface area contributed by atoms with Gasteiger partial charge in [-0.3, -0.25) is 4.79 Å². The molecule has 9 nitrogen and oxygen atoms in total. The maximum absolute atomic E-state index is 13.4. The number of anilines is 1. The zero-order valence-electron chi connectivity index (χ0n) is 16.4. The number of carbonyl (C=O) groups excluding carboxylic acids is 1. The highest BCUT2D eigenvalue weighted by atomic mass is 35.5. The molecule has 1 aromatic carbocycles. The molecule has 1 fully saturated rings. The van der Waals surface area contributed by atoms with E-state index in [0.29, 0.717) is 5.01 Å². The highest BCUT2D eigenvalue weighted by Gasteiger charge is 2.41. The molecule has 31 heavy (non-hydrogen) atoms. The van der Waals surface area contributed by atoms with Crippen LogP contribution in [0.5, 0.6) is 0 Å². The number of hydrogen-bond acceptors (Lipinski definition) is 6. The number of rotatable bonds is 4. The van der Waals surface area contributed by atoms with Crippen LogP contribution in [0.3, 0.4) is 0 Å². The molecule has 3 heterocycles. The average Bonchev–Trinajstić information content (AvgIpc) is 3.35. The Hall–Kier alpha value is -2.38. The minimum atomic E-state index is -3.93. The number of amides is 1. The SMILES string of the molecule is CN1[C@@H](C(=O)Nc2ccc(F)c(Cl)c2)C[C@H](c2ncc(-c3cn(C)cn3)s2)NS1(=O)=O. The van der Waals surface area contributed by atoms with E-state index < -0.39 is 34.0 Å². The molecule has 0 aliphatic carbocycles. The number of carbonyl (C=O) groups is 1. The standard InChI is InChI=1S/C18H18ClFN6O3S2/c1-25-8-14(22-9-25)16-7-21-18(30-16)13-6-15(26(2)31(28,29)24-13)17(27)23-10-3-4-12(20)11(19)5-10/h3-5,7-9,13,15,24H,6H2,1-2H3,(H,23,27)/t13-,15-/m1/s1. The van der Waals surface area contributed by atoms with Crippen LogP contribution in [-0.4, -0.2) is 46.3 Å². The lowest BCUT2D eigenvalue weighted by molar-refractivity contribution is -0.120. The monoisotopic (exact) mass is 484 g/mol. The lowest BCUT2D eigenvalue weighted by Crippen LogP contribution is -2.55. The minimum absolute atomic E-state index is 0.146. The summed E-state index contributed by atoms with van der Waals surface area (Å²) in [6.45, 7) is 0. The Morgan fingerprint density at radius 3 is 2.81 bits per heavy atom. The number of imidazole rings is 1. The van der Waals surface area contributed by atoms with E-state index in [-0.39, 0.29) is 17.1 Å². The Morgan fingerprint density at radius 1 is 1.35 bits per heavy atom. The van der Waals surface area contributed by atoms with E-state index in [1.54, 1.807) is 17.1 Å². The molecule has 1 saturated heterocycles. The van der Waals surface area contributed by atoms with E-state index in [2.05, 4.69) is 20.0 Å². The number of nitrogens with zero attached hydrogens (tertiary/aromatic N) is 4. The van der Waals surface area contributed by atoms with Gasteiger partial charge in [0.25, 0.3) is 10.2 Å². The number of likely N-dealkylation sites (N-methyl/N-ethyl adjacent to an activating group) is 1. The van der Waals surface area contributed by atoms with E-state index in [1.165, 1.54) is 30.5 Å². The van der Waals surface area contributed by atoms with Crippen LogP contribution in [0.15, 0.2) is 36.9 Å². The van der Waals surface area contributed by atoms with Crippen LogP contribution in [0.25, 0.3) is 10.6 Å². The van der Waals surface area contributed by atoms with Crippen molar-refractivity contribution >= 4 is 44.7 Å². The van der Waals surface area contributed by atoms with E-state index in [9.17, 15) is 17.6 Å². The first-order chi connectivity index (χ1) is 14.6. The molecule has 0 bridgehead atoms. The van der Waals surface area contributed by atoms with Crippen molar-refractivity contribution in [2.75, 3.05) is 12.4 Å². The van der Waals surface area contributed by atoms with Crippen molar-refractivity contribution in [3.8, 4) is 10.6 Å². The number of aromatic nitrogens is 3. The highest BCUT2D eigenvalue weighted by molar-refractivity contribution is 7.87. The van der Waals surface area contributed by atoms with Crippen molar-refractivity contribution in [3.05, 3.63) is 52.8 Å². The van der Waals surface area contributed by atoms with Gasteiger partial charge in [-0.15, -0.1) is 11.3 Å². The topological polar surface area (TPSA) is 109 Å². The van der Waals surface area contributed by atoms with Crippen LogP contribution in [-0.2, 0) is 22.1 Å². The van der Waals surface area contributed by atoms with Crippen molar-refractivity contribution in [1.82, 2.24) is 23.6 Å². The average molecular weight is 485 g/mol. The molecular formula is C18H18ClFN6O3S2. The summed E-state index contributed by atoms with van der Waals surface area (Å²) in [6.07, 6.45) is 5.28. The van der Waals surface area contributed by atoms with Gasteiger partial charge in [0.05, 0.1) is 28.0 Å². The Morgan fingerprint density at radius 2 is 2.13 bits per heavy atom. The fourth-order valence-electron chi connectivity index (χ4n) is 3.18. The van der Waals surface area contributed by atoms with E-state index in [1.807, 2.05) is 13.2 Å². The van der Waals surface area contributed by atoms with Crippen LogP contribution >= 0.6 is 22.9 Å². The van der Waals surface area contributed by atoms with Gasteiger partial charge in [0, 0.05) is 32.2 Å². The van der Waals surface area contributed by atoms with E-state index >= 15 is 0 Å². The molecule has 13 heteroatoms. The molecule has 0 unspecified atom stereocenters. The minimum Gasteiger partial charge on any atom is -0.340 e. The first-order valence-electron chi connectivity index (χ1n) is 9.09. The summed E-state index contributed by atoms with van der Waals surface area (Å²) in [5, 5.41) is 2.98. The maximum atomic E-state index is 13.4. The lowest BCUT2D eigenvalue weighted by atomic mass is 10.1. The quantitative estimate of drug-likeness (QED) is 0.591. The largest absolute Gasteiger partial charge is 0.340 e. The van der Waals surface area contributed by atoms with Gasteiger partial charge in [-0.05, 0) is 24.6 Å². The Balaban J connectivity index is 1.57. The maximum Gasteiger partial charge on any atom is 0.280 e. The third-order valence-corrected chi connectivity index (χ3v) is 7.86. The van der Waals surface area contributed by atoms with Crippen LogP contribution in [0.2, 0.25) is 5.02 Å². The van der Waals surface area contributed by atoms with Crippen molar-refractivity contribution in [2.24, 2.45) is 7.05 Å².